The highest BCUT2D eigenvalue weighted by molar-refractivity contribution is 5.94. The molecule has 2 fully saturated rings. The van der Waals surface area contributed by atoms with Gasteiger partial charge < -0.3 is 20.5 Å². The Kier molecular flexibility index (Phi) is 5.16. The van der Waals surface area contributed by atoms with E-state index in [0.29, 0.717) is 24.8 Å². The number of hydrogen-bond acceptors (Lipinski definition) is 4. The van der Waals surface area contributed by atoms with E-state index in [-0.39, 0.29) is 36.4 Å². The number of nitrogens with one attached hydrogen (secondary N) is 2. The molecule has 0 bridgehead atoms. The number of hydrogen-bond donors (Lipinski definition) is 3. The third-order valence-electron chi connectivity index (χ3n) is 8.25. The number of rotatable bonds is 6. The van der Waals surface area contributed by atoms with Crippen molar-refractivity contribution in [3.8, 4) is 11.1 Å². The van der Waals surface area contributed by atoms with Gasteiger partial charge in [-0.1, -0.05) is 54.6 Å². The Balaban J connectivity index is 0.996. The van der Waals surface area contributed by atoms with Crippen LogP contribution in [0.4, 0.5) is 4.79 Å². The van der Waals surface area contributed by atoms with E-state index in [2.05, 4.69) is 34.9 Å². The van der Waals surface area contributed by atoms with Crippen LogP contribution < -0.4 is 10.6 Å². The lowest BCUT2D eigenvalue weighted by molar-refractivity contribution is -0.143. The van der Waals surface area contributed by atoms with Gasteiger partial charge in [-0.3, -0.25) is 9.59 Å². The summed E-state index contributed by atoms with van der Waals surface area (Å²) in [6, 6.07) is 16.1. The molecule has 7 nitrogen and oxygen atoms in total. The third-order valence-corrected chi connectivity index (χ3v) is 8.25. The lowest BCUT2D eigenvalue weighted by Crippen LogP contribution is -2.37. The molecule has 4 atom stereocenters. The average Bonchev–Trinajstić information content (AvgIpc) is 3.17. The second-order valence-electron chi connectivity index (χ2n) is 10.3. The van der Waals surface area contributed by atoms with Crippen molar-refractivity contribution in [1.82, 2.24) is 10.6 Å². The number of alkyl carbamates (subject to hydrolysis) is 1. The maximum absolute atomic E-state index is 12.7. The number of benzene rings is 2. The first kappa shape index (κ1) is 21.9. The maximum Gasteiger partial charge on any atom is 0.407 e. The summed E-state index contributed by atoms with van der Waals surface area (Å²) in [6.07, 6.45) is 4.34. The molecule has 0 radical (unpaired) electrons. The fourth-order valence-electron chi connectivity index (χ4n) is 6.36. The Labute approximate surface area is 203 Å². The molecule has 2 amide bonds. The summed E-state index contributed by atoms with van der Waals surface area (Å²) < 4.78 is 5.63. The zero-order chi connectivity index (χ0) is 24.2. The maximum atomic E-state index is 12.7. The Bertz CT molecular complexity index is 1210. The molecular weight excluding hydrogens is 444 g/mol. The molecule has 0 aliphatic heterocycles. The van der Waals surface area contributed by atoms with Crippen LogP contribution in [0.5, 0.6) is 0 Å². The van der Waals surface area contributed by atoms with Crippen LogP contribution in [0.25, 0.3) is 11.1 Å². The molecule has 2 saturated carbocycles. The number of aliphatic carboxylic acids is 1. The molecule has 180 valence electrons. The highest BCUT2D eigenvalue weighted by Gasteiger charge is 2.65. The Morgan fingerprint density at radius 1 is 0.943 bits per heavy atom. The molecule has 0 aromatic heterocycles. The number of amides is 2. The number of fused-ring (bicyclic) bond motifs is 4. The summed E-state index contributed by atoms with van der Waals surface area (Å²) in [4.78, 5) is 36.7. The van der Waals surface area contributed by atoms with Crippen LogP contribution in [0.3, 0.4) is 0 Å². The fraction of sp³-hybridized carbons (Fsp3) is 0.393. The number of carbonyl (C=O) groups excluding carboxylic acids is 2. The molecule has 2 aromatic carbocycles. The van der Waals surface area contributed by atoms with Crippen molar-refractivity contribution in [2.75, 3.05) is 6.61 Å². The van der Waals surface area contributed by atoms with Crippen LogP contribution in [-0.4, -0.2) is 41.8 Å². The van der Waals surface area contributed by atoms with Crippen molar-refractivity contribution >= 4 is 18.0 Å². The van der Waals surface area contributed by atoms with Gasteiger partial charge >= 0.3 is 12.1 Å². The van der Waals surface area contributed by atoms with E-state index in [1.807, 2.05) is 30.3 Å². The molecule has 0 saturated heterocycles. The van der Waals surface area contributed by atoms with Crippen LogP contribution in [0.15, 0.2) is 60.2 Å². The highest BCUT2D eigenvalue weighted by Crippen LogP contribution is 2.63. The fourth-order valence-corrected chi connectivity index (χ4v) is 6.36. The van der Waals surface area contributed by atoms with Gasteiger partial charge in [0.15, 0.2) is 0 Å². The normalized spacial score (nSPS) is 27.9. The minimum Gasteiger partial charge on any atom is -0.481 e. The lowest BCUT2D eigenvalue weighted by Gasteiger charge is -2.18. The van der Waals surface area contributed by atoms with E-state index in [1.165, 1.54) is 11.1 Å². The van der Waals surface area contributed by atoms with E-state index in [4.69, 9.17) is 4.74 Å². The first-order valence-electron chi connectivity index (χ1n) is 12.3. The van der Waals surface area contributed by atoms with Gasteiger partial charge in [-0.2, -0.15) is 0 Å². The third kappa shape index (κ3) is 3.79. The zero-order valence-electron chi connectivity index (χ0n) is 19.3. The lowest BCUT2D eigenvalue weighted by atomic mass is 9.98. The first-order valence-corrected chi connectivity index (χ1v) is 12.3. The van der Waals surface area contributed by atoms with E-state index >= 15 is 0 Å². The van der Waals surface area contributed by atoms with E-state index in [0.717, 1.165) is 24.0 Å². The number of carboxylic acids is 1. The summed E-state index contributed by atoms with van der Waals surface area (Å²) in [6.45, 7) is 0.252. The predicted molar refractivity (Wildman–Crippen MR) is 129 cm³/mol. The van der Waals surface area contributed by atoms with E-state index < -0.39 is 17.5 Å². The molecular formula is C28H28N2O5. The number of carboxylic acid groups (broad SMARTS) is 1. The van der Waals surface area contributed by atoms with Gasteiger partial charge in [0.1, 0.15) is 6.61 Å². The standard InChI is InChI=1S/C28H28N2O5/c31-25(29-19-12-17-13-28(17,14-19)26(32)33)16-9-10-18(11-16)30-27(34)35-15-24-22-7-3-1-5-20(22)21-6-2-4-8-23(21)24/h1-9,17-19,24H,10-15H2,(H,29,31)(H,30,34)(H,32,33)/t17-,18?,19+,28+/m1/s1. The molecule has 0 heterocycles. The van der Waals surface area contributed by atoms with Crippen LogP contribution in [0, 0.1) is 11.3 Å². The van der Waals surface area contributed by atoms with Crippen LogP contribution in [0.1, 0.15) is 49.1 Å². The van der Waals surface area contributed by atoms with Crippen molar-refractivity contribution in [3.63, 3.8) is 0 Å². The molecule has 0 spiro atoms. The van der Waals surface area contributed by atoms with Gasteiger partial charge in [-0.15, -0.1) is 0 Å². The minimum atomic E-state index is -0.744. The van der Waals surface area contributed by atoms with Crippen molar-refractivity contribution in [2.24, 2.45) is 11.3 Å². The van der Waals surface area contributed by atoms with Crippen LogP contribution in [0.2, 0.25) is 0 Å². The van der Waals surface area contributed by atoms with Crippen LogP contribution >= 0.6 is 0 Å². The zero-order valence-corrected chi connectivity index (χ0v) is 19.3. The molecule has 35 heavy (non-hydrogen) atoms. The Morgan fingerprint density at radius 3 is 2.29 bits per heavy atom. The predicted octanol–water partition coefficient (Wildman–Crippen LogP) is 3.98. The van der Waals surface area contributed by atoms with Crippen molar-refractivity contribution in [1.29, 1.82) is 0 Å². The van der Waals surface area contributed by atoms with E-state index in [1.54, 1.807) is 0 Å². The first-order chi connectivity index (χ1) is 16.9. The van der Waals surface area contributed by atoms with Gasteiger partial charge in [0.25, 0.3) is 0 Å². The molecule has 4 aliphatic rings. The largest absolute Gasteiger partial charge is 0.481 e. The molecule has 1 unspecified atom stereocenters. The summed E-state index contributed by atoms with van der Waals surface area (Å²) in [5.41, 5.74) is 4.72. The highest BCUT2D eigenvalue weighted by atomic mass is 16.5. The van der Waals surface area contributed by atoms with Gasteiger partial charge in [0, 0.05) is 23.6 Å². The second kappa shape index (κ2) is 8.26. The number of carbonyl (C=O) groups is 3. The topological polar surface area (TPSA) is 105 Å². The Hall–Kier alpha value is -3.61. The summed E-state index contributed by atoms with van der Waals surface area (Å²) in [7, 11) is 0. The molecule has 7 heteroatoms. The van der Waals surface area contributed by atoms with Crippen LogP contribution in [-0.2, 0) is 14.3 Å². The summed E-state index contributed by atoms with van der Waals surface area (Å²) in [5.74, 6) is -0.714. The van der Waals surface area contributed by atoms with Gasteiger partial charge in [0.2, 0.25) is 5.91 Å². The van der Waals surface area contributed by atoms with Crippen molar-refractivity contribution in [2.45, 2.75) is 50.1 Å². The van der Waals surface area contributed by atoms with Crippen molar-refractivity contribution < 1.29 is 24.2 Å². The smallest absolute Gasteiger partial charge is 0.407 e. The number of ether oxygens (including phenoxy) is 1. The van der Waals surface area contributed by atoms with Gasteiger partial charge in [0.05, 0.1) is 5.41 Å². The molecule has 4 aliphatic carbocycles. The monoisotopic (exact) mass is 472 g/mol. The molecule has 3 N–H and O–H groups in total. The second-order valence-corrected chi connectivity index (χ2v) is 10.3. The van der Waals surface area contributed by atoms with Gasteiger partial charge in [-0.05, 0) is 60.3 Å². The summed E-state index contributed by atoms with van der Waals surface area (Å²) in [5, 5.41) is 15.3. The minimum absolute atomic E-state index is 0.00270. The summed E-state index contributed by atoms with van der Waals surface area (Å²) >= 11 is 0. The van der Waals surface area contributed by atoms with Gasteiger partial charge in [-0.25, -0.2) is 4.79 Å². The van der Waals surface area contributed by atoms with Crippen molar-refractivity contribution in [3.05, 3.63) is 71.3 Å². The Morgan fingerprint density at radius 2 is 1.63 bits per heavy atom. The molecule has 6 rings (SSSR count). The quantitative estimate of drug-likeness (QED) is 0.590. The van der Waals surface area contributed by atoms with E-state index in [9.17, 15) is 19.5 Å². The SMILES string of the molecule is O=C(NC1CC=C(C(=O)N[C@H]2C[C@@H]3C[C@]3(C(=O)O)C2)C1)OCC1c2ccccc2-c2ccccc21. The molecule has 2 aromatic rings. The average molecular weight is 473 g/mol.